The first-order valence-electron chi connectivity index (χ1n) is 9.80. The van der Waals surface area contributed by atoms with Crippen LogP contribution >= 0.6 is 24.0 Å². The SMILES string of the molecule is CCCCC(CNC(=O)OC(C)(C)C)NC(=NC)NCCNC(=O)C(C)C.I. The van der Waals surface area contributed by atoms with Crippen LogP contribution in [-0.2, 0) is 9.53 Å². The molecule has 0 aliphatic rings. The van der Waals surface area contributed by atoms with Gasteiger partial charge in [0.15, 0.2) is 5.96 Å². The molecule has 0 heterocycles. The molecule has 1 unspecified atom stereocenters. The van der Waals surface area contributed by atoms with Crippen molar-refractivity contribution >= 4 is 41.9 Å². The minimum atomic E-state index is -0.519. The number of guanidine groups is 1. The number of aliphatic imine (C=N–C) groups is 1. The van der Waals surface area contributed by atoms with Gasteiger partial charge < -0.3 is 26.0 Å². The van der Waals surface area contributed by atoms with Crippen molar-refractivity contribution < 1.29 is 14.3 Å². The van der Waals surface area contributed by atoms with Gasteiger partial charge in [-0.3, -0.25) is 9.79 Å². The van der Waals surface area contributed by atoms with Crippen molar-refractivity contribution in [1.29, 1.82) is 0 Å². The Bertz CT molecular complexity index is 479. The molecule has 0 aromatic rings. The smallest absolute Gasteiger partial charge is 0.407 e. The fraction of sp³-hybridized carbons (Fsp3) is 0.842. The predicted molar refractivity (Wildman–Crippen MR) is 125 cm³/mol. The summed E-state index contributed by atoms with van der Waals surface area (Å²) in [6, 6.07) is 0.0360. The predicted octanol–water partition coefficient (Wildman–Crippen LogP) is 2.63. The van der Waals surface area contributed by atoms with Crippen LogP contribution in [0.25, 0.3) is 0 Å². The van der Waals surface area contributed by atoms with E-state index >= 15 is 0 Å². The molecule has 0 bridgehead atoms. The van der Waals surface area contributed by atoms with E-state index in [0.717, 1.165) is 19.3 Å². The highest BCUT2D eigenvalue weighted by Gasteiger charge is 2.18. The van der Waals surface area contributed by atoms with Crippen LogP contribution in [0.1, 0.15) is 60.8 Å². The molecule has 1 atom stereocenters. The topological polar surface area (TPSA) is 104 Å². The van der Waals surface area contributed by atoms with E-state index in [1.54, 1.807) is 7.05 Å². The van der Waals surface area contributed by atoms with Crippen LogP contribution in [-0.4, -0.2) is 56.3 Å². The summed E-state index contributed by atoms with van der Waals surface area (Å²) in [5.41, 5.74) is -0.519. The van der Waals surface area contributed by atoms with Crippen LogP contribution in [0.5, 0.6) is 0 Å². The highest BCUT2D eigenvalue weighted by molar-refractivity contribution is 14.0. The van der Waals surface area contributed by atoms with E-state index in [1.807, 2.05) is 34.6 Å². The van der Waals surface area contributed by atoms with Crippen molar-refractivity contribution in [2.45, 2.75) is 72.4 Å². The number of carbonyl (C=O) groups is 2. The molecule has 0 radical (unpaired) electrons. The molecule has 8 nitrogen and oxygen atoms in total. The zero-order valence-corrected chi connectivity index (χ0v) is 20.8. The monoisotopic (exact) mass is 513 g/mol. The molecule has 0 spiro atoms. The second kappa shape index (κ2) is 15.6. The summed E-state index contributed by atoms with van der Waals surface area (Å²) in [6.45, 7) is 12.9. The van der Waals surface area contributed by atoms with Crippen molar-refractivity contribution in [1.82, 2.24) is 21.3 Å². The number of rotatable bonds is 10. The number of unbranched alkanes of at least 4 members (excludes halogenated alkanes) is 1. The fourth-order valence-corrected chi connectivity index (χ4v) is 2.16. The number of halogens is 1. The number of nitrogens with one attached hydrogen (secondary N) is 4. The van der Waals surface area contributed by atoms with E-state index in [1.165, 1.54) is 0 Å². The molecular formula is C19H40IN5O3. The minimum absolute atomic E-state index is 0. The Balaban J connectivity index is 0. The van der Waals surface area contributed by atoms with E-state index < -0.39 is 11.7 Å². The molecule has 9 heteroatoms. The molecule has 4 N–H and O–H groups in total. The van der Waals surface area contributed by atoms with Crippen LogP contribution < -0.4 is 21.3 Å². The summed E-state index contributed by atoms with van der Waals surface area (Å²) in [6.07, 6.45) is 2.58. The molecule has 0 aromatic heterocycles. The van der Waals surface area contributed by atoms with Crippen molar-refractivity contribution in [2.75, 3.05) is 26.7 Å². The van der Waals surface area contributed by atoms with E-state index in [-0.39, 0.29) is 41.8 Å². The average molecular weight is 513 g/mol. The van der Waals surface area contributed by atoms with Gasteiger partial charge >= 0.3 is 6.09 Å². The van der Waals surface area contributed by atoms with Gasteiger partial charge in [0.2, 0.25) is 5.91 Å². The van der Waals surface area contributed by atoms with Gasteiger partial charge in [0, 0.05) is 38.6 Å². The van der Waals surface area contributed by atoms with Crippen LogP contribution in [0.2, 0.25) is 0 Å². The first-order valence-corrected chi connectivity index (χ1v) is 9.80. The van der Waals surface area contributed by atoms with Crippen molar-refractivity contribution in [3.8, 4) is 0 Å². The molecule has 28 heavy (non-hydrogen) atoms. The molecule has 2 amide bonds. The zero-order chi connectivity index (χ0) is 20.9. The second-order valence-corrected chi connectivity index (χ2v) is 7.81. The van der Waals surface area contributed by atoms with Gasteiger partial charge in [0.05, 0.1) is 0 Å². The number of carbonyl (C=O) groups excluding carboxylic acids is 2. The van der Waals surface area contributed by atoms with Gasteiger partial charge in [-0.2, -0.15) is 0 Å². The van der Waals surface area contributed by atoms with Crippen molar-refractivity contribution in [3.05, 3.63) is 0 Å². The molecule has 0 fully saturated rings. The maximum atomic E-state index is 11.9. The maximum absolute atomic E-state index is 11.9. The van der Waals surface area contributed by atoms with Gasteiger partial charge in [-0.15, -0.1) is 24.0 Å². The highest BCUT2D eigenvalue weighted by atomic mass is 127. The Morgan fingerprint density at radius 3 is 2.18 bits per heavy atom. The van der Waals surface area contributed by atoms with Gasteiger partial charge in [-0.25, -0.2) is 4.79 Å². The highest BCUT2D eigenvalue weighted by Crippen LogP contribution is 2.07. The number of nitrogens with zero attached hydrogens (tertiary/aromatic N) is 1. The van der Waals surface area contributed by atoms with Crippen LogP contribution in [0, 0.1) is 5.92 Å². The third-order valence-electron chi connectivity index (χ3n) is 3.60. The first kappa shape index (κ1) is 28.9. The summed E-state index contributed by atoms with van der Waals surface area (Å²) in [5.74, 6) is 0.641. The molecule has 0 saturated heterocycles. The minimum Gasteiger partial charge on any atom is -0.444 e. The summed E-state index contributed by atoms with van der Waals surface area (Å²) >= 11 is 0. The third-order valence-corrected chi connectivity index (χ3v) is 3.60. The van der Waals surface area contributed by atoms with Gasteiger partial charge in [0.1, 0.15) is 5.60 Å². The Morgan fingerprint density at radius 1 is 1.07 bits per heavy atom. The average Bonchev–Trinajstić information content (AvgIpc) is 2.57. The molecule has 0 rings (SSSR count). The number of hydrogen-bond acceptors (Lipinski definition) is 4. The Morgan fingerprint density at radius 2 is 1.68 bits per heavy atom. The van der Waals surface area contributed by atoms with Gasteiger partial charge in [-0.05, 0) is 27.2 Å². The molecule has 0 saturated carbocycles. The number of hydrogen-bond donors (Lipinski definition) is 4. The van der Waals surface area contributed by atoms with Crippen molar-refractivity contribution in [2.24, 2.45) is 10.9 Å². The zero-order valence-electron chi connectivity index (χ0n) is 18.5. The summed E-state index contributed by atoms with van der Waals surface area (Å²) in [7, 11) is 1.69. The molecule has 166 valence electrons. The second-order valence-electron chi connectivity index (χ2n) is 7.81. The Hall–Kier alpha value is -1.26. The third kappa shape index (κ3) is 15.8. The van der Waals surface area contributed by atoms with E-state index in [2.05, 4.69) is 33.2 Å². The standard InChI is InChI=1S/C19H39N5O3.HI/c1-8-9-10-15(13-23-18(26)27-19(4,5)6)24-17(20-7)22-12-11-21-16(25)14(2)3;/h14-15H,8-13H2,1-7H3,(H,21,25)(H,23,26)(H2,20,22,24);1H. The first-order chi connectivity index (χ1) is 12.6. The lowest BCUT2D eigenvalue weighted by molar-refractivity contribution is -0.123. The Labute approximate surface area is 187 Å². The van der Waals surface area contributed by atoms with Gasteiger partial charge in [-0.1, -0.05) is 33.6 Å². The number of ether oxygens (including phenoxy) is 1. The van der Waals surface area contributed by atoms with Crippen LogP contribution in [0.15, 0.2) is 4.99 Å². The normalized spacial score (nSPS) is 12.6. The van der Waals surface area contributed by atoms with E-state index in [9.17, 15) is 9.59 Å². The fourth-order valence-electron chi connectivity index (χ4n) is 2.16. The van der Waals surface area contributed by atoms with Crippen molar-refractivity contribution in [3.63, 3.8) is 0 Å². The summed E-state index contributed by atoms with van der Waals surface area (Å²) in [4.78, 5) is 27.7. The lowest BCUT2D eigenvalue weighted by Gasteiger charge is -2.24. The number of alkyl carbamates (subject to hydrolysis) is 1. The quantitative estimate of drug-likeness (QED) is 0.156. The maximum Gasteiger partial charge on any atom is 0.407 e. The number of amides is 2. The van der Waals surface area contributed by atoms with E-state index in [4.69, 9.17) is 4.74 Å². The van der Waals surface area contributed by atoms with E-state index in [0.29, 0.717) is 25.6 Å². The summed E-state index contributed by atoms with van der Waals surface area (Å²) in [5, 5.41) is 12.2. The lowest BCUT2D eigenvalue weighted by Crippen LogP contribution is -2.50. The van der Waals surface area contributed by atoms with Gasteiger partial charge in [0.25, 0.3) is 0 Å². The Kier molecular flexibility index (Phi) is 16.2. The molecule has 0 aliphatic heterocycles. The lowest BCUT2D eigenvalue weighted by atomic mass is 10.1. The largest absolute Gasteiger partial charge is 0.444 e. The molecular weight excluding hydrogens is 473 g/mol. The van der Waals surface area contributed by atoms with Crippen LogP contribution in [0.3, 0.4) is 0 Å². The summed E-state index contributed by atoms with van der Waals surface area (Å²) < 4.78 is 5.28. The van der Waals surface area contributed by atoms with Crippen LogP contribution in [0.4, 0.5) is 4.79 Å². The molecule has 0 aromatic carbocycles. The molecule has 0 aliphatic carbocycles.